The number of aryl methyl sites for hydroxylation is 1. The number of halogens is 2. The highest BCUT2D eigenvalue weighted by atomic mass is 19.2. The molecule has 2 aromatic carbocycles. The zero-order valence-electron chi connectivity index (χ0n) is 16.2. The molecule has 6 nitrogen and oxygen atoms in total. The Bertz CT molecular complexity index is 1120. The van der Waals surface area contributed by atoms with Gasteiger partial charge in [0.15, 0.2) is 11.6 Å². The molecule has 1 amide bonds. The van der Waals surface area contributed by atoms with E-state index in [9.17, 15) is 23.2 Å². The van der Waals surface area contributed by atoms with Crippen molar-refractivity contribution in [1.29, 1.82) is 0 Å². The number of aromatic amines is 1. The highest BCUT2D eigenvalue weighted by Crippen LogP contribution is 2.31. The van der Waals surface area contributed by atoms with E-state index in [0.29, 0.717) is 11.3 Å². The van der Waals surface area contributed by atoms with Gasteiger partial charge in [0.05, 0.1) is 12.2 Å². The van der Waals surface area contributed by atoms with Gasteiger partial charge in [0.25, 0.3) is 11.7 Å². The van der Waals surface area contributed by atoms with Crippen molar-refractivity contribution in [2.24, 2.45) is 0 Å². The third kappa shape index (κ3) is 4.12. The number of carbonyl (C=O) groups excluding carboxylic acids is 3. The van der Waals surface area contributed by atoms with E-state index in [4.69, 9.17) is 4.74 Å². The standard InChI is InChI=1S/C22H18F2N2O4/c1-3-30-22(29)17-12(2)25-19(18(17)13-7-5-4-6-8-13)20(27)21(28)26-14-9-10-15(23)16(24)11-14/h4-11,25H,3H2,1-2H3,(H,26,28). The molecule has 2 N–H and O–H groups in total. The molecule has 0 radical (unpaired) electrons. The molecular weight excluding hydrogens is 394 g/mol. The Morgan fingerprint density at radius 2 is 1.73 bits per heavy atom. The predicted molar refractivity (Wildman–Crippen MR) is 106 cm³/mol. The van der Waals surface area contributed by atoms with Crippen LogP contribution in [-0.2, 0) is 9.53 Å². The van der Waals surface area contributed by atoms with Crippen LogP contribution >= 0.6 is 0 Å². The summed E-state index contributed by atoms with van der Waals surface area (Å²) in [6.45, 7) is 3.38. The molecule has 30 heavy (non-hydrogen) atoms. The van der Waals surface area contributed by atoms with E-state index in [1.165, 1.54) is 0 Å². The van der Waals surface area contributed by atoms with Crippen molar-refractivity contribution in [3.8, 4) is 11.1 Å². The van der Waals surface area contributed by atoms with Crippen LogP contribution in [0.4, 0.5) is 14.5 Å². The minimum absolute atomic E-state index is 0.0811. The van der Waals surface area contributed by atoms with Crippen LogP contribution in [0.3, 0.4) is 0 Å². The lowest BCUT2D eigenvalue weighted by Gasteiger charge is -2.08. The molecule has 0 aliphatic heterocycles. The molecule has 0 aliphatic rings. The number of benzene rings is 2. The summed E-state index contributed by atoms with van der Waals surface area (Å²) in [6.07, 6.45) is 0. The second-order valence-corrected chi connectivity index (χ2v) is 6.37. The molecule has 1 heterocycles. The monoisotopic (exact) mass is 412 g/mol. The van der Waals surface area contributed by atoms with Crippen molar-refractivity contribution in [1.82, 2.24) is 4.98 Å². The van der Waals surface area contributed by atoms with E-state index in [-0.39, 0.29) is 29.1 Å². The lowest BCUT2D eigenvalue weighted by Crippen LogP contribution is -2.24. The number of aromatic nitrogens is 1. The SMILES string of the molecule is CCOC(=O)c1c(C)[nH]c(C(=O)C(=O)Nc2ccc(F)c(F)c2)c1-c1ccccc1. The third-order valence-electron chi connectivity index (χ3n) is 4.34. The van der Waals surface area contributed by atoms with Gasteiger partial charge in [-0.25, -0.2) is 13.6 Å². The summed E-state index contributed by atoms with van der Waals surface area (Å²) in [5.74, 6) is -4.92. The molecule has 0 saturated heterocycles. The van der Waals surface area contributed by atoms with Crippen molar-refractivity contribution >= 4 is 23.3 Å². The van der Waals surface area contributed by atoms with Gasteiger partial charge in [-0.1, -0.05) is 30.3 Å². The molecule has 8 heteroatoms. The van der Waals surface area contributed by atoms with Gasteiger partial charge in [-0.3, -0.25) is 9.59 Å². The van der Waals surface area contributed by atoms with Gasteiger partial charge in [-0.15, -0.1) is 0 Å². The number of ketones is 1. The predicted octanol–water partition coefficient (Wildman–Crippen LogP) is 4.27. The first-order valence-electron chi connectivity index (χ1n) is 9.09. The van der Waals surface area contributed by atoms with E-state index in [2.05, 4.69) is 10.3 Å². The van der Waals surface area contributed by atoms with Gasteiger partial charge < -0.3 is 15.0 Å². The van der Waals surface area contributed by atoms with Gasteiger partial charge in [0.2, 0.25) is 0 Å². The van der Waals surface area contributed by atoms with Crippen LogP contribution in [-0.4, -0.2) is 29.3 Å². The molecule has 1 aromatic heterocycles. The number of Topliss-reactive ketones (excluding diaryl/α,β-unsaturated/α-hetero) is 1. The summed E-state index contributed by atoms with van der Waals surface area (Å²) in [4.78, 5) is 40.7. The lowest BCUT2D eigenvalue weighted by molar-refractivity contribution is -0.112. The topological polar surface area (TPSA) is 88.3 Å². The van der Waals surface area contributed by atoms with E-state index < -0.39 is 29.3 Å². The van der Waals surface area contributed by atoms with Crippen LogP contribution in [0, 0.1) is 18.6 Å². The van der Waals surface area contributed by atoms with E-state index >= 15 is 0 Å². The summed E-state index contributed by atoms with van der Waals surface area (Å²) in [5, 5.41) is 2.24. The molecule has 0 unspecified atom stereocenters. The molecular formula is C22H18F2N2O4. The molecule has 0 aliphatic carbocycles. The fourth-order valence-electron chi connectivity index (χ4n) is 3.02. The zero-order valence-corrected chi connectivity index (χ0v) is 16.2. The van der Waals surface area contributed by atoms with Crippen molar-refractivity contribution in [3.63, 3.8) is 0 Å². The molecule has 0 saturated carbocycles. The first-order valence-corrected chi connectivity index (χ1v) is 9.09. The number of H-pyrrole nitrogens is 1. The van der Waals surface area contributed by atoms with Crippen LogP contribution in [0.15, 0.2) is 48.5 Å². The molecule has 0 bridgehead atoms. The fraction of sp³-hybridized carbons (Fsp3) is 0.136. The summed E-state index contributed by atoms with van der Waals surface area (Å²) in [6, 6.07) is 11.3. The van der Waals surface area contributed by atoms with Crippen LogP contribution in [0.2, 0.25) is 0 Å². The minimum atomic E-state index is -1.16. The van der Waals surface area contributed by atoms with Crippen LogP contribution in [0.5, 0.6) is 0 Å². The highest BCUT2D eigenvalue weighted by molar-refractivity contribution is 6.47. The number of carbonyl (C=O) groups is 3. The number of amides is 1. The Hall–Kier alpha value is -3.81. The van der Waals surface area contributed by atoms with Gasteiger partial charge in [-0.05, 0) is 31.5 Å². The van der Waals surface area contributed by atoms with Crippen LogP contribution in [0.1, 0.15) is 33.5 Å². The zero-order chi connectivity index (χ0) is 21.8. The second kappa shape index (κ2) is 8.69. The molecule has 0 spiro atoms. The Kier molecular flexibility index (Phi) is 6.06. The van der Waals surface area contributed by atoms with Crippen molar-refractivity contribution in [3.05, 3.63) is 77.1 Å². The lowest BCUT2D eigenvalue weighted by atomic mass is 9.98. The van der Waals surface area contributed by atoms with E-state index in [1.54, 1.807) is 44.2 Å². The van der Waals surface area contributed by atoms with E-state index in [1.807, 2.05) is 0 Å². The molecule has 0 atom stereocenters. The van der Waals surface area contributed by atoms with Gasteiger partial charge in [0.1, 0.15) is 5.69 Å². The largest absolute Gasteiger partial charge is 0.462 e. The van der Waals surface area contributed by atoms with Gasteiger partial charge >= 0.3 is 5.97 Å². The fourth-order valence-corrected chi connectivity index (χ4v) is 3.02. The summed E-state index contributed by atoms with van der Waals surface area (Å²) in [5.41, 5.74) is 1.08. The first-order chi connectivity index (χ1) is 14.3. The average Bonchev–Trinajstić information content (AvgIpc) is 3.08. The Morgan fingerprint density at radius 1 is 1.03 bits per heavy atom. The van der Waals surface area contributed by atoms with Gasteiger partial charge in [-0.2, -0.15) is 0 Å². The Morgan fingerprint density at radius 3 is 2.37 bits per heavy atom. The number of ether oxygens (including phenoxy) is 1. The summed E-state index contributed by atoms with van der Waals surface area (Å²) in [7, 11) is 0. The maximum absolute atomic E-state index is 13.4. The number of nitrogens with one attached hydrogen (secondary N) is 2. The number of hydrogen-bond donors (Lipinski definition) is 2. The molecule has 0 fully saturated rings. The normalized spacial score (nSPS) is 10.5. The average molecular weight is 412 g/mol. The molecule has 3 aromatic rings. The summed E-state index contributed by atoms with van der Waals surface area (Å²) < 4.78 is 31.6. The summed E-state index contributed by atoms with van der Waals surface area (Å²) >= 11 is 0. The van der Waals surface area contributed by atoms with Gasteiger partial charge in [0, 0.05) is 23.0 Å². The quantitative estimate of drug-likeness (QED) is 0.360. The smallest absolute Gasteiger partial charge is 0.340 e. The van der Waals surface area contributed by atoms with Crippen molar-refractivity contribution in [2.45, 2.75) is 13.8 Å². The second-order valence-electron chi connectivity index (χ2n) is 6.37. The minimum Gasteiger partial charge on any atom is -0.462 e. The van der Waals surface area contributed by atoms with Crippen molar-refractivity contribution in [2.75, 3.05) is 11.9 Å². The van der Waals surface area contributed by atoms with E-state index in [0.717, 1.165) is 18.2 Å². The first kappa shape index (κ1) is 20.9. The van der Waals surface area contributed by atoms with Crippen LogP contribution in [0.25, 0.3) is 11.1 Å². The van der Waals surface area contributed by atoms with Crippen LogP contribution < -0.4 is 5.32 Å². The maximum atomic E-state index is 13.4. The highest BCUT2D eigenvalue weighted by Gasteiger charge is 2.29. The Balaban J connectivity index is 2.02. The number of anilines is 1. The number of hydrogen-bond acceptors (Lipinski definition) is 4. The third-order valence-corrected chi connectivity index (χ3v) is 4.34. The molecule has 154 valence electrons. The number of rotatable bonds is 6. The van der Waals surface area contributed by atoms with Crippen molar-refractivity contribution < 1.29 is 27.9 Å². The Labute approximate surface area is 170 Å². The maximum Gasteiger partial charge on any atom is 0.340 e. The molecule has 3 rings (SSSR count). The number of esters is 1.